The van der Waals surface area contributed by atoms with Gasteiger partial charge in [-0.2, -0.15) is 0 Å². The predicted octanol–water partition coefficient (Wildman–Crippen LogP) is 4.07. The largest absolute Gasteiger partial charge is 0.507 e. The van der Waals surface area contributed by atoms with E-state index in [1.54, 1.807) is 17.4 Å². The minimum Gasteiger partial charge on any atom is -0.507 e. The number of aliphatic hydroxyl groups excluding tert-OH is 1. The fourth-order valence-corrected chi connectivity index (χ4v) is 4.68. The number of thiophene rings is 1. The number of amides is 1. The van der Waals surface area contributed by atoms with Crippen LogP contribution in [0.25, 0.3) is 5.76 Å². The van der Waals surface area contributed by atoms with Crippen molar-refractivity contribution in [3.8, 4) is 0 Å². The maximum absolute atomic E-state index is 13.0. The first-order valence-corrected chi connectivity index (χ1v) is 10.7. The van der Waals surface area contributed by atoms with Crippen LogP contribution in [0.4, 0.5) is 0 Å². The molecule has 1 aromatic carbocycles. The third kappa shape index (κ3) is 3.68. The highest BCUT2D eigenvalue weighted by molar-refractivity contribution is 7.10. The number of imidazole rings is 1. The molecule has 0 bridgehead atoms. The fourth-order valence-electron chi connectivity index (χ4n) is 3.83. The molecule has 1 aliphatic rings. The van der Waals surface area contributed by atoms with Gasteiger partial charge in [-0.3, -0.25) is 9.59 Å². The lowest BCUT2D eigenvalue weighted by Crippen LogP contribution is -2.31. The number of Topliss-reactive ketones (excluding diaryl/α,β-unsaturated/α-hetero) is 1. The number of aryl methyl sites for hydroxylation is 3. The second-order valence-corrected chi connectivity index (χ2v) is 8.46. The molecule has 30 heavy (non-hydrogen) atoms. The van der Waals surface area contributed by atoms with E-state index in [9.17, 15) is 14.7 Å². The van der Waals surface area contributed by atoms with Gasteiger partial charge in [-0.05, 0) is 43.3 Å². The third-order valence-corrected chi connectivity index (χ3v) is 6.30. The Balaban J connectivity index is 1.73. The van der Waals surface area contributed by atoms with E-state index in [1.807, 2.05) is 60.3 Å². The SMILES string of the molecule is Cc1ccc(C)c(C(O)=C2C(=O)C(=O)N(CCCn3ccnc3)[C@H]2c2cccs2)c1. The second-order valence-electron chi connectivity index (χ2n) is 7.48. The number of carbonyl (C=O) groups excluding carboxylic acids is 2. The summed E-state index contributed by atoms with van der Waals surface area (Å²) in [6.07, 6.45) is 5.98. The van der Waals surface area contributed by atoms with Gasteiger partial charge in [-0.15, -0.1) is 11.3 Å². The number of hydrogen-bond acceptors (Lipinski definition) is 5. The topological polar surface area (TPSA) is 75.4 Å². The van der Waals surface area contributed by atoms with Crippen LogP contribution in [0, 0.1) is 13.8 Å². The molecule has 1 aliphatic heterocycles. The van der Waals surface area contributed by atoms with Gasteiger partial charge in [0.1, 0.15) is 5.76 Å². The number of benzene rings is 1. The van der Waals surface area contributed by atoms with Crippen LogP contribution in [0.5, 0.6) is 0 Å². The molecule has 1 N–H and O–H groups in total. The number of likely N-dealkylation sites (tertiary alicyclic amines) is 1. The van der Waals surface area contributed by atoms with Crippen molar-refractivity contribution in [2.75, 3.05) is 6.54 Å². The number of aliphatic hydroxyl groups is 1. The van der Waals surface area contributed by atoms with Crippen LogP contribution in [0.2, 0.25) is 0 Å². The average Bonchev–Trinajstić information content (AvgIpc) is 3.47. The van der Waals surface area contributed by atoms with E-state index in [-0.39, 0.29) is 11.3 Å². The van der Waals surface area contributed by atoms with Crippen LogP contribution in [0.15, 0.2) is 60.0 Å². The molecule has 1 amide bonds. The first kappa shape index (κ1) is 20.1. The Labute approximate surface area is 179 Å². The minimum absolute atomic E-state index is 0.106. The van der Waals surface area contributed by atoms with Gasteiger partial charge in [0, 0.05) is 35.9 Å². The van der Waals surface area contributed by atoms with Crippen molar-refractivity contribution in [3.63, 3.8) is 0 Å². The molecule has 3 heterocycles. The Bertz CT molecular complexity index is 1100. The molecule has 4 rings (SSSR count). The molecule has 0 saturated carbocycles. The molecule has 154 valence electrons. The highest BCUT2D eigenvalue weighted by atomic mass is 32.1. The predicted molar refractivity (Wildman–Crippen MR) is 116 cm³/mol. The first-order chi connectivity index (χ1) is 14.5. The maximum Gasteiger partial charge on any atom is 0.295 e. The quantitative estimate of drug-likeness (QED) is 0.370. The number of rotatable bonds is 6. The molecule has 1 atom stereocenters. The minimum atomic E-state index is -0.630. The summed E-state index contributed by atoms with van der Waals surface area (Å²) < 4.78 is 1.94. The van der Waals surface area contributed by atoms with E-state index in [0.717, 1.165) is 16.0 Å². The van der Waals surface area contributed by atoms with E-state index in [0.29, 0.717) is 25.1 Å². The van der Waals surface area contributed by atoms with Crippen molar-refractivity contribution in [1.82, 2.24) is 14.5 Å². The molecule has 3 aromatic rings. The number of carbonyl (C=O) groups is 2. The molecule has 0 radical (unpaired) electrons. The second kappa shape index (κ2) is 8.28. The summed E-state index contributed by atoms with van der Waals surface area (Å²) in [5.41, 5.74) is 2.59. The zero-order valence-corrected chi connectivity index (χ0v) is 17.7. The normalized spacial score (nSPS) is 18.3. The summed E-state index contributed by atoms with van der Waals surface area (Å²) in [7, 11) is 0. The van der Waals surface area contributed by atoms with E-state index in [1.165, 1.54) is 11.3 Å². The Kier molecular flexibility index (Phi) is 5.55. The third-order valence-electron chi connectivity index (χ3n) is 5.38. The van der Waals surface area contributed by atoms with Crippen LogP contribution < -0.4 is 0 Å². The molecule has 0 unspecified atom stereocenters. The van der Waals surface area contributed by atoms with E-state index in [4.69, 9.17) is 0 Å². The summed E-state index contributed by atoms with van der Waals surface area (Å²) in [5.74, 6) is -1.30. The zero-order valence-electron chi connectivity index (χ0n) is 16.9. The van der Waals surface area contributed by atoms with E-state index in [2.05, 4.69) is 4.98 Å². The van der Waals surface area contributed by atoms with Crippen LogP contribution in [-0.2, 0) is 16.1 Å². The van der Waals surface area contributed by atoms with Crippen molar-refractivity contribution in [1.29, 1.82) is 0 Å². The summed E-state index contributed by atoms with van der Waals surface area (Å²) >= 11 is 1.48. The van der Waals surface area contributed by atoms with Gasteiger partial charge in [0.15, 0.2) is 0 Å². The highest BCUT2D eigenvalue weighted by Crippen LogP contribution is 2.41. The van der Waals surface area contributed by atoms with Crippen LogP contribution >= 0.6 is 11.3 Å². The average molecular weight is 422 g/mol. The van der Waals surface area contributed by atoms with Crippen LogP contribution in [-0.4, -0.2) is 37.8 Å². The van der Waals surface area contributed by atoms with Gasteiger partial charge in [-0.25, -0.2) is 4.98 Å². The van der Waals surface area contributed by atoms with Crippen molar-refractivity contribution < 1.29 is 14.7 Å². The Morgan fingerprint density at radius 3 is 2.73 bits per heavy atom. The molecule has 2 aromatic heterocycles. The summed E-state index contributed by atoms with van der Waals surface area (Å²) in [6, 6.07) is 8.93. The lowest BCUT2D eigenvalue weighted by molar-refractivity contribution is -0.139. The number of hydrogen-bond donors (Lipinski definition) is 1. The molecule has 1 saturated heterocycles. The summed E-state index contributed by atoms with van der Waals surface area (Å²) in [6.45, 7) is 4.92. The summed E-state index contributed by atoms with van der Waals surface area (Å²) in [5, 5.41) is 13.1. The number of ketones is 1. The standard InChI is InChI=1S/C23H23N3O3S/c1-15-6-7-16(2)17(13-15)21(27)19-20(18-5-3-12-30-18)26(23(29)22(19)28)10-4-9-25-11-8-24-14-25/h3,5-8,11-14,20,27H,4,9-10H2,1-2H3/t20-/m0/s1. The number of aromatic nitrogens is 2. The van der Waals surface area contributed by atoms with Gasteiger partial charge < -0.3 is 14.6 Å². The van der Waals surface area contributed by atoms with E-state index < -0.39 is 17.7 Å². The van der Waals surface area contributed by atoms with Crippen molar-refractivity contribution >= 4 is 28.8 Å². The molecule has 1 fully saturated rings. The van der Waals surface area contributed by atoms with Crippen molar-refractivity contribution in [2.45, 2.75) is 32.9 Å². The Hall–Kier alpha value is -3.19. The van der Waals surface area contributed by atoms with Gasteiger partial charge in [0.25, 0.3) is 11.7 Å². The molecule has 7 heteroatoms. The van der Waals surface area contributed by atoms with Crippen LogP contribution in [0.3, 0.4) is 0 Å². The molecular weight excluding hydrogens is 398 g/mol. The molecular formula is C23H23N3O3S. The summed E-state index contributed by atoms with van der Waals surface area (Å²) in [4.78, 5) is 32.4. The van der Waals surface area contributed by atoms with Crippen molar-refractivity contribution in [3.05, 3.63) is 81.6 Å². The Morgan fingerprint density at radius 1 is 1.20 bits per heavy atom. The van der Waals surface area contributed by atoms with E-state index >= 15 is 0 Å². The smallest absolute Gasteiger partial charge is 0.295 e. The number of nitrogens with zero attached hydrogens (tertiary/aromatic N) is 3. The molecule has 6 nitrogen and oxygen atoms in total. The molecule has 0 aliphatic carbocycles. The lowest BCUT2D eigenvalue weighted by Gasteiger charge is -2.24. The lowest BCUT2D eigenvalue weighted by atomic mass is 9.96. The van der Waals surface area contributed by atoms with Gasteiger partial charge in [0.2, 0.25) is 0 Å². The Morgan fingerprint density at radius 2 is 2.03 bits per heavy atom. The highest BCUT2D eigenvalue weighted by Gasteiger charge is 2.46. The first-order valence-electron chi connectivity index (χ1n) is 9.82. The zero-order chi connectivity index (χ0) is 21.3. The van der Waals surface area contributed by atoms with Crippen LogP contribution in [0.1, 0.15) is 34.0 Å². The van der Waals surface area contributed by atoms with Gasteiger partial charge >= 0.3 is 0 Å². The molecule has 0 spiro atoms. The van der Waals surface area contributed by atoms with Gasteiger partial charge in [-0.1, -0.05) is 23.8 Å². The fraction of sp³-hybridized carbons (Fsp3) is 0.261. The van der Waals surface area contributed by atoms with Gasteiger partial charge in [0.05, 0.1) is 17.9 Å². The van der Waals surface area contributed by atoms with Crippen molar-refractivity contribution in [2.24, 2.45) is 0 Å². The maximum atomic E-state index is 13.0. The monoisotopic (exact) mass is 421 g/mol.